The van der Waals surface area contributed by atoms with E-state index in [1.807, 2.05) is 27.7 Å². The zero-order chi connectivity index (χ0) is 21.1. The maximum Gasteiger partial charge on any atom is 0.410 e. The molecule has 0 aliphatic heterocycles. The minimum absolute atomic E-state index is 0.0344. The minimum atomic E-state index is -0.545. The van der Waals surface area contributed by atoms with E-state index < -0.39 is 5.60 Å². The van der Waals surface area contributed by atoms with Crippen molar-refractivity contribution in [3.8, 4) is 0 Å². The van der Waals surface area contributed by atoms with Gasteiger partial charge in [0.2, 0.25) is 5.91 Å². The van der Waals surface area contributed by atoms with Gasteiger partial charge in [0.25, 0.3) is 0 Å². The van der Waals surface area contributed by atoms with Crippen molar-refractivity contribution < 1.29 is 19.1 Å². The van der Waals surface area contributed by atoms with Crippen molar-refractivity contribution in [1.82, 2.24) is 10.2 Å². The lowest BCUT2D eigenvalue weighted by atomic mass is 9.88. The van der Waals surface area contributed by atoms with Crippen LogP contribution in [-0.2, 0) is 14.3 Å². The molecule has 0 saturated heterocycles. The molecule has 0 radical (unpaired) electrons. The van der Waals surface area contributed by atoms with Crippen molar-refractivity contribution in [3.63, 3.8) is 0 Å². The topological polar surface area (TPSA) is 93.9 Å². The van der Waals surface area contributed by atoms with Crippen LogP contribution < -0.4 is 11.1 Å². The quantitative estimate of drug-likeness (QED) is 0.532. The van der Waals surface area contributed by atoms with Crippen LogP contribution in [0.4, 0.5) is 4.79 Å². The third kappa shape index (κ3) is 13.5. The maximum atomic E-state index is 12.4. The molecule has 7 heteroatoms. The number of unbranched alkanes of at least 4 members (excludes halogenated alkanes) is 1. The Balaban J connectivity index is 4.37. The van der Waals surface area contributed by atoms with Crippen LogP contribution in [0, 0.1) is 5.41 Å². The van der Waals surface area contributed by atoms with Gasteiger partial charge in [0, 0.05) is 32.1 Å². The number of nitrogens with zero attached hydrogens (tertiary/aromatic N) is 1. The van der Waals surface area contributed by atoms with Crippen molar-refractivity contribution in [2.75, 3.05) is 32.8 Å². The number of ether oxygens (including phenoxy) is 2. The van der Waals surface area contributed by atoms with Crippen LogP contribution in [0.3, 0.4) is 0 Å². The fourth-order valence-corrected chi connectivity index (χ4v) is 2.10. The molecule has 7 nitrogen and oxygen atoms in total. The lowest BCUT2D eigenvalue weighted by Crippen LogP contribution is -2.41. The van der Waals surface area contributed by atoms with Gasteiger partial charge in [-0.15, -0.1) is 0 Å². The summed E-state index contributed by atoms with van der Waals surface area (Å²) in [6.07, 6.45) is 1.54. The summed E-state index contributed by atoms with van der Waals surface area (Å²) in [5.41, 5.74) is 4.90. The highest BCUT2D eigenvalue weighted by Crippen LogP contribution is 2.18. The minimum Gasteiger partial charge on any atom is -0.444 e. The smallest absolute Gasteiger partial charge is 0.410 e. The third-order valence-corrected chi connectivity index (χ3v) is 4.18. The molecule has 0 spiro atoms. The first-order valence-corrected chi connectivity index (χ1v) is 9.92. The van der Waals surface area contributed by atoms with Crippen LogP contribution in [0.2, 0.25) is 0 Å². The Hall–Kier alpha value is -1.34. The summed E-state index contributed by atoms with van der Waals surface area (Å²) < 4.78 is 10.8. The molecule has 0 bridgehead atoms. The molecule has 160 valence electrons. The van der Waals surface area contributed by atoms with Gasteiger partial charge in [0.1, 0.15) is 5.60 Å². The van der Waals surface area contributed by atoms with E-state index in [0.29, 0.717) is 45.7 Å². The molecule has 0 aromatic heterocycles. The lowest BCUT2D eigenvalue weighted by Gasteiger charge is -2.28. The molecular formula is C20H41N3O4. The number of hydrogen-bond acceptors (Lipinski definition) is 5. The number of carbonyl (C=O) groups excluding carboxylic acids is 2. The highest BCUT2D eigenvalue weighted by atomic mass is 16.6. The molecule has 0 saturated carbocycles. The normalized spacial score (nSPS) is 13.2. The molecule has 1 atom stereocenters. The van der Waals surface area contributed by atoms with Crippen molar-refractivity contribution in [2.45, 2.75) is 79.4 Å². The van der Waals surface area contributed by atoms with E-state index in [4.69, 9.17) is 15.2 Å². The van der Waals surface area contributed by atoms with Crippen LogP contribution in [0.15, 0.2) is 0 Å². The summed E-state index contributed by atoms with van der Waals surface area (Å²) in [7, 11) is 0. The van der Waals surface area contributed by atoms with E-state index in [2.05, 4.69) is 26.1 Å². The fraction of sp³-hybridized carbons (Fsp3) is 0.900. The lowest BCUT2D eigenvalue weighted by molar-refractivity contribution is -0.122. The van der Waals surface area contributed by atoms with Gasteiger partial charge in [-0.2, -0.15) is 0 Å². The molecule has 0 aliphatic carbocycles. The van der Waals surface area contributed by atoms with Gasteiger partial charge >= 0.3 is 6.09 Å². The second-order valence-electron chi connectivity index (χ2n) is 8.98. The highest BCUT2D eigenvalue weighted by Gasteiger charge is 2.23. The monoisotopic (exact) mass is 387 g/mol. The predicted octanol–water partition coefficient (Wildman–Crippen LogP) is 2.92. The molecule has 0 aliphatic rings. The third-order valence-electron chi connectivity index (χ3n) is 4.18. The SMILES string of the molecule is CC(NC(=O)CCCCN(CCOCCN)C(=O)OC(C)(C)C)C(C)(C)C. The molecule has 27 heavy (non-hydrogen) atoms. The van der Waals surface area contributed by atoms with E-state index >= 15 is 0 Å². The Kier molecular flexibility index (Phi) is 11.6. The summed E-state index contributed by atoms with van der Waals surface area (Å²) >= 11 is 0. The summed E-state index contributed by atoms with van der Waals surface area (Å²) in [5, 5.41) is 3.03. The molecule has 0 aromatic rings. The van der Waals surface area contributed by atoms with Crippen LogP contribution in [-0.4, -0.2) is 61.4 Å². The maximum absolute atomic E-state index is 12.4. The van der Waals surface area contributed by atoms with Gasteiger partial charge in [-0.1, -0.05) is 20.8 Å². The van der Waals surface area contributed by atoms with E-state index in [0.717, 1.165) is 6.42 Å². The molecule has 0 fully saturated rings. The first-order chi connectivity index (χ1) is 12.4. The number of nitrogens with two attached hydrogens (primary N) is 1. The van der Waals surface area contributed by atoms with Crippen molar-refractivity contribution >= 4 is 12.0 Å². The second kappa shape index (κ2) is 12.2. The average molecular weight is 388 g/mol. The number of hydrogen-bond donors (Lipinski definition) is 2. The Morgan fingerprint density at radius 2 is 1.67 bits per heavy atom. The molecule has 1 unspecified atom stereocenters. The zero-order valence-corrected chi connectivity index (χ0v) is 18.4. The molecule has 3 N–H and O–H groups in total. The Morgan fingerprint density at radius 3 is 2.19 bits per heavy atom. The highest BCUT2D eigenvalue weighted by molar-refractivity contribution is 5.76. The second-order valence-corrected chi connectivity index (χ2v) is 8.98. The molecule has 0 rings (SSSR count). The number of nitrogens with one attached hydrogen (secondary N) is 1. The number of carbonyl (C=O) groups is 2. The average Bonchev–Trinajstić information content (AvgIpc) is 2.50. The van der Waals surface area contributed by atoms with Gasteiger partial charge in [-0.05, 0) is 46.0 Å². The van der Waals surface area contributed by atoms with Crippen LogP contribution >= 0.6 is 0 Å². The van der Waals surface area contributed by atoms with Gasteiger partial charge in [-0.3, -0.25) is 4.79 Å². The number of amides is 2. The molecule has 0 aromatic carbocycles. The van der Waals surface area contributed by atoms with Crippen molar-refractivity contribution in [1.29, 1.82) is 0 Å². The van der Waals surface area contributed by atoms with E-state index in [9.17, 15) is 9.59 Å². The summed E-state index contributed by atoms with van der Waals surface area (Å²) in [5.74, 6) is 0.0486. The van der Waals surface area contributed by atoms with Crippen LogP contribution in [0.1, 0.15) is 67.7 Å². The van der Waals surface area contributed by atoms with E-state index in [1.165, 1.54) is 0 Å². The molecule has 0 heterocycles. The first kappa shape index (κ1) is 25.7. The van der Waals surface area contributed by atoms with Gasteiger partial charge in [0.15, 0.2) is 0 Å². The van der Waals surface area contributed by atoms with Gasteiger partial charge in [-0.25, -0.2) is 4.79 Å². The molecular weight excluding hydrogens is 346 g/mol. The van der Waals surface area contributed by atoms with Crippen LogP contribution in [0.5, 0.6) is 0 Å². The van der Waals surface area contributed by atoms with Crippen molar-refractivity contribution in [3.05, 3.63) is 0 Å². The van der Waals surface area contributed by atoms with Crippen molar-refractivity contribution in [2.24, 2.45) is 11.1 Å². The van der Waals surface area contributed by atoms with Gasteiger partial charge < -0.3 is 25.4 Å². The Bertz CT molecular complexity index is 441. The fourth-order valence-electron chi connectivity index (χ4n) is 2.10. The number of rotatable bonds is 11. The summed E-state index contributed by atoms with van der Waals surface area (Å²) in [6.45, 7) is 16.2. The first-order valence-electron chi connectivity index (χ1n) is 9.92. The van der Waals surface area contributed by atoms with E-state index in [-0.39, 0.29) is 23.5 Å². The molecule has 2 amide bonds. The largest absolute Gasteiger partial charge is 0.444 e. The predicted molar refractivity (Wildman–Crippen MR) is 109 cm³/mol. The van der Waals surface area contributed by atoms with E-state index in [1.54, 1.807) is 4.90 Å². The Morgan fingerprint density at radius 1 is 1.04 bits per heavy atom. The van der Waals surface area contributed by atoms with Crippen LogP contribution in [0.25, 0.3) is 0 Å². The summed E-state index contributed by atoms with van der Waals surface area (Å²) in [6, 6.07) is 0.114. The standard InChI is InChI=1S/C20H41N3O4/c1-16(19(2,3)4)22-17(24)10-8-9-12-23(13-15-26-14-11-21)18(25)27-20(5,6)7/h16H,8-15,21H2,1-7H3,(H,22,24). The summed E-state index contributed by atoms with van der Waals surface area (Å²) in [4.78, 5) is 26.0. The van der Waals surface area contributed by atoms with Gasteiger partial charge in [0.05, 0.1) is 13.2 Å². The zero-order valence-electron chi connectivity index (χ0n) is 18.4. The Labute approximate surface area is 165 Å².